The standard InChI is InChI=1S/C14H18ClNO3/c1-14(2,10-4-6-11(15)7-5-10)13(18)16-9-8-12(17)19-3/h4-7H,8-9H2,1-3H3,(H,16,18). The summed E-state index contributed by atoms with van der Waals surface area (Å²) < 4.78 is 4.51. The van der Waals surface area contributed by atoms with E-state index in [1.54, 1.807) is 12.1 Å². The smallest absolute Gasteiger partial charge is 0.307 e. The van der Waals surface area contributed by atoms with Crippen LogP contribution in [0.3, 0.4) is 0 Å². The van der Waals surface area contributed by atoms with Crippen LogP contribution in [0.4, 0.5) is 0 Å². The molecule has 1 aromatic rings. The molecule has 0 atom stereocenters. The molecule has 0 unspecified atom stereocenters. The van der Waals surface area contributed by atoms with Gasteiger partial charge in [-0.05, 0) is 31.5 Å². The van der Waals surface area contributed by atoms with Gasteiger partial charge in [-0.3, -0.25) is 9.59 Å². The molecule has 0 aliphatic rings. The fraction of sp³-hybridized carbons (Fsp3) is 0.429. The Labute approximate surface area is 118 Å². The molecule has 0 saturated heterocycles. The number of esters is 1. The normalized spacial score (nSPS) is 10.9. The SMILES string of the molecule is COC(=O)CCNC(=O)C(C)(C)c1ccc(Cl)cc1. The number of halogens is 1. The number of hydrogen-bond donors (Lipinski definition) is 1. The van der Waals surface area contributed by atoms with E-state index in [9.17, 15) is 9.59 Å². The fourth-order valence-electron chi connectivity index (χ4n) is 1.60. The van der Waals surface area contributed by atoms with E-state index < -0.39 is 5.41 Å². The molecule has 0 radical (unpaired) electrons. The van der Waals surface area contributed by atoms with Gasteiger partial charge >= 0.3 is 5.97 Å². The predicted molar refractivity (Wildman–Crippen MR) is 74.1 cm³/mol. The molecule has 1 amide bonds. The molecule has 1 rings (SSSR count). The number of benzene rings is 1. The van der Waals surface area contributed by atoms with Crippen molar-refractivity contribution in [1.82, 2.24) is 5.32 Å². The van der Waals surface area contributed by atoms with Crippen LogP contribution in [0.15, 0.2) is 24.3 Å². The van der Waals surface area contributed by atoms with Gasteiger partial charge in [0.1, 0.15) is 0 Å². The summed E-state index contributed by atoms with van der Waals surface area (Å²) in [6.07, 6.45) is 0.166. The Morgan fingerprint density at radius 1 is 1.26 bits per heavy atom. The van der Waals surface area contributed by atoms with E-state index in [1.165, 1.54) is 7.11 Å². The zero-order chi connectivity index (χ0) is 14.5. The van der Waals surface area contributed by atoms with Crippen molar-refractivity contribution < 1.29 is 14.3 Å². The monoisotopic (exact) mass is 283 g/mol. The average molecular weight is 284 g/mol. The minimum absolute atomic E-state index is 0.140. The third-order valence-corrected chi connectivity index (χ3v) is 3.23. The number of methoxy groups -OCH3 is 1. The lowest BCUT2D eigenvalue weighted by atomic mass is 9.84. The minimum Gasteiger partial charge on any atom is -0.469 e. The van der Waals surface area contributed by atoms with Gasteiger partial charge in [-0.2, -0.15) is 0 Å². The Hall–Kier alpha value is -1.55. The number of amides is 1. The predicted octanol–water partition coefficient (Wildman–Crippen LogP) is 2.30. The molecular weight excluding hydrogens is 266 g/mol. The molecule has 5 heteroatoms. The van der Waals surface area contributed by atoms with E-state index in [0.29, 0.717) is 5.02 Å². The molecule has 0 bridgehead atoms. The Bertz CT molecular complexity index is 454. The Balaban J connectivity index is 2.63. The maximum Gasteiger partial charge on any atom is 0.307 e. The van der Waals surface area contributed by atoms with Gasteiger partial charge in [0.25, 0.3) is 0 Å². The van der Waals surface area contributed by atoms with Crippen molar-refractivity contribution in [3.05, 3.63) is 34.9 Å². The van der Waals surface area contributed by atoms with Gasteiger partial charge in [-0.15, -0.1) is 0 Å². The van der Waals surface area contributed by atoms with E-state index in [1.807, 2.05) is 26.0 Å². The largest absolute Gasteiger partial charge is 0.469 e. The molecule has 104 valence electrons. The van der Waals surface area contributed by atoms with Crippen LogP contribution >= 0.6 is 11.6 Å². The maximum absolute atomic E-state index is 12.1. The lowest BCUT2D eigenvalue weighted by Crippen LogP contribution is -2.40. The first-order valence-corrected chi connectivity index (χ1v) is 6.37. The molecule has 0 aliphatic carbocycles. The third-order valence-electron chi connectivity index (χ3n) is 2.98. The molecule has 0 spiro atoms. The fourth-order valence-corrected chi connectivity index (χ4v) is 1.72. The van der Waals surface area contributed by atoms with Crippen LogP contribution in [0.1, 0.15) is 25.8 Å². The van der Waals surface area contributed by atoms with Gasteiger partial charge in [-0.25, -0.2) is 0 Å². The summed E-state index contributed by atoms with van der Waals surface area (Å²) in [6, 6.07) is 7.14. The first-order valence-electron chi connectivity index (χ1n) is 5.99. The number of nitrogens with one attached hydrogen (secondary N) is 1. The van der Waals surface area contributed by atoms with Crippen molar-refractivity contribution >= 4 is 23.5 Å². The van der Waals surface area contributed by atoms with Crippen LogP contribution in [0.5, 0.6) is 0 Å². The minimum atomic E-state index is -0.680. The topological polar surface area (TPSA) is 55.4 Å². The summed E-state index contributed by atoms with van der Waals surface area (Å²) in [6.45, 7) is 3.91. The summed E-state index contributed by atoms with van der Waals surface area (Å²) in [5, 5.41) is 3.36. The molecule has 0 fully saturated rings. The van der Waals surface area contributed by atoms with Crippen LogP contribution in [0, 0.1) is 0 Å². The van der Waals surface area contributed by atoms with Crippen molar-refractivity contribution in [3.8, 4) is 0 Å². The Kier molecular flexibility index (Phi) is 5.36. The lowest BCUT2D eigenvalue weighted by Gasteiger charge is -2.24. The Morgan fingerprint density at radius 2 is 1.84 bits per heavy atom. The molecule has 1 N–H and O–H groups in total. The average Bonchev–Trinajstić information content (AvgIpc) is 2.38. The number of hydrogen-bond acceptors (Lipinski definition) is 3. The second kappa shape index (κ2) is 6.57. The lowest BCUT2D eigenvalue weighted by molar-refractivity contribution is -0.140. The highest BCUT2D eigenvalue weighted by Crippen LogP contribution is 2.24. The van der Waals surface area contributed by atoms with Crippen LogP contribution in [-0.4, -0.2) is 25.5 Å². The van der Waals surface area contributed by atoms with Gasteiger partial charge < -0.3 is 10.1 Å². The summed E-state index contributed by atoms with van der Waals surface area (Å²) in [5.74, 6) is -0.483. The summed E-state index contributed by atoms with van der Waals surface area (Å²) >= 11 is 5.82. The zero-order valence-corrected chi connectivity index (χ0v) is 12.1. The molecule has 4 nitrogen and oxygen atoms in total. The quantitative estimate of drug-likeness (QED) is 0.844. The number of ether oxygens (including phenoxy) is 1. The van der Waals surface area contributed by atoms with E-state index in [0.717, 1.165) is 5.56 Å². The first-order chi connectivity index (χ1) is 8.87. The second-order valence-electron chi connectivity index (χ2n) is 4.71. The van der Waals surface area contributed by atoms with Gasteiger partial charge in [0, 0.05) is 11.6 Å². The van der Waals surface area contributed by atoms with Crippen molar-refractivity contribution in [2.45, 2.75) is 25.7 Å². The van der Waals surface area contributed by atoms with Crippen LogP contribution in [0.25, 0.3) is 0 Å². The highest BCUT2D eigenvalue weighted by Gasteiger charge is 2.29. The Morgan fingerprint density at radius 3 is 2.37 bits per heavy atom. The zero-order valence-electron chi connectivity index (χ0n) is 11.3. The second-order valence-corrected chi connectivity index (χ2v) is 5.15. The van der Waals surface area contributed by atoms with Gasteiger partial charge in [0.2, 0.25) is 5.91 Å². The summed E-state index contributed by atoms with van der Waals surface area (Å²) in [7, 11) is 1.32. The third kappa shape index (κ3) is 4.24. The molecular formula is C14H18ClNO3. The van der Waals surface area contributed by atoms with Gasteiger partial charge in [0.15, 0.2) is 0 Å². The van der Waals surface area contributed by atoms with Crippen LogP contribution in [0.2, 0.25) is 5.02 Å². The van der Waals surface area contributed by atoms with Crippen molar-refractivity contribution in [2.75, 3.05) is 13.7 Å². The maximum atomic E-state index is 12.1. The molecule has 0 saturated carbocycles. The molecule has 19 heavy (non-hydrogen) atoms. The highest BCUT2D eigenvalue weighted by molar-refractivity contribution is 6.30. The van der Waals surface area contributed by atoms with E-state index >= 15 is 0 Å². The molecule has 0 heterocycles. The summed E-state index contributed by atoms with van der Waals surface area (Å²) in [4.78, 5) is 23.1. The number of carbonyl (C=O) groups is 2. The van der Waals surface area contributed by atoms with Crippen molar-refractivity contribution in [2.24, 2.45) is 0 Å². The van der Waals surface area contributed by atoms with Gasteiger partial charge in [-0.1, -0.05) is 23.7 Å². The number of carbonyl (C=O) groups excluding carboxylic acids is 2. The number of rotatable bonds is 5. The molecule has 1 aromatic carbocycles. The first kappa shape index (κ1) is 15.5. The van der Waals surface area contributed by atoms with Gasteiger partial charge in [0.05, 0.1) is 18.9 Å². The highest BCUT2D eigenvalue weighted by atomic mass is 35.5. The van der Waals surface area contributed by atoms with Crippen LogP contribution in [-0.2, 0) is 19.7 Å². The van der Waals surface area contributed by atoms with Crippen molar-refractivity contribution in [1.29, 1.82) is 0 Å². The molecule has 0 aromatic heterocycles. The van der Waals surface area contributed by atoms with Crippen molar-refractivity contribution in [3.63, 3.8) is 0 Å². The van der Waals surface area contributed by atoms with E-state index in [2.05, 4.69) is 10.1 Å². The summed E-state index contributed by atoms with van der Waals surface area (Å²) in [5.41, 5.74) is 0.188. The van der Waals surface area contributed by atoms with E-state index in [4.69, 9.17) is 11.6 Å². The van der Waals surface area contributed by atoms with E-state index in [-0.39, 0.29) is 24.8 Å². The van der Waals surface area contributed by atoms with Crippen LogP contribution < -0.4 is 5.32 Å². The molecule has 0 aliphatic heterocycles.